The molecule has 0 aromatic carbocycles. The van der Waals surface area contributed by atoms with Gasteiger partial charge in [0, 0.05) is 19.7 Å². The highest BCUT2D eigenvalue weighted by Crippen LogP contribution is 2.65. The van der Waals surface area contributed by atoms with Crippen molar-refractivity contribution < 1.29 is 4.74 Å². The van der Waals surface area contributed by atoms with Crippen LogP contribution in [0.15, 0.2) is 0 Å². The van der Waals surface area contributed by atoms with Crippen molar-refractivity contribution in [1.82, 2.24) is 5.32 Å². The Hall–Kier alpha value is -0.0800. The lowest BCUT2D eigenvalue weighted by Crippen LogP contribution is -2.46. The minimum atomic E-state index is 0.325. The van der Waals surface area contributed by atoms with Crippen LogP contribution in [-0.2, 0) is 4.74 Å². The third-order valence-corrected chi connectivity index (χ3v) is 5.85. The van der Waals surface area contributed by atoms with Crippen LogP contribution in [0.5, 0.6) is 0 Å². The van der Waals surface area contributed by atoms with Gasteiger partial charge < -0.3 is 10.1 Å². The Labute approximate surface area is 100 Å². The molecule has 0 radical (unpaired) electrons. The van der Waals surface area contributed by atoms with Crippen molar-refractivity contribution in [2.24, 2.45) is 16.7 Å². The summed E-state index contributed by atoms with van der Waals surface area (Å²) in [4.78, 5) is 0. The fourth-order valence-corrected chi connectivity index (χ4v) is 3.90. The fraction of sp³-hybridized carbons (Fsp3) is 1.00. The largest absolute Gasteiger partial charge is 0.380 e. The van der Waals surface area contributed by atoms with Crippen molar-refractivity contribution in [1.29, 1.82) is 0 Å². The Morgan fingerprint density at radius 1 is 1.38 bits per heavy atom. The molecular formula is C14H27NO. The monoisotopic (exact) mass is 225 g/mol. The van der Waals surface area contributed by atoms with Crippen molar-refractivity contribution in [3.63, 3.8) is 0 Å². The van der Waals surface area contributed by atoms with E-state index in [2.05, 4.69) is 33.0 Å². The van der Waals surface area contributed by atoms with Crippen molar-refractivity contribution in [2.45, 2.75) is 59.1 Å². The molecule has 0 amide bonds. The number of hydrogen-bond acceptors (Lipinski definition) is 2. The highest BCUT2D eigenvalue weighted by molar-refractivity contribution is 5.12. The van der Waals surface area contributed by atoms with Crippen LogP contribution < -0.4 is 5.32 Å². The summed E-state index contributed by atoms with van der Waals surface area (Å²) in [5.74, 6) is 0.924. The van der Waals surface area contributed by atoms with Crippen molar-refractivity contribution >= 4 is 0 Å². The Kier molecular flexibility index (Phi) is 3.09. The molecule has 2 saturated carbocycles. The first-order valence-corrected chi connectivity index (χ1v) is 6.68. The molecule has 1 N–H and O–H groups in total. The zero-order chi connectivity index (χ0) is 12.0. The Bertz CT molecular complexity index is 263. The molecule has 0 saturated heterocycles. The number of hydrogen-bond donors (Lipinski definition) is 1. The second-order valence-corrected chi connectivity index (χ2v) is 6.62. The fourth-order valence-electron chi connectivity index (χ4n) is 3.90. The van der Waals surface area contributed by atoms with E-state index in [9.17, 15) is 0 Å². The molecule has 4 atom stereocenters. The van der Waals surface area contributed by atoms with E-state index in [0.29, 0.717) is 23.0 Å². The van der Waals surface area contributed by atoms with Crippen LogP contribution >= 0.6 is 0 Å². The molecule has 16 heavy (non-hydrogen) atoms. The molecule has 0 heterocycles. The van der Waals surface area contributed by atoms with Gasteiger partial charge in [-0.2, -0.15) is 0 Å². The minimum absolute atomic E-state index is 0.325. The summed E-state index contributed by atoms with van der Waals surface area (Å²) in [6, 6.07) is 0.693. The lowest BCUT2D eigenvalue weighted by Gasteiger charge is -2.40. The third-order valence-electron chi connectivity index (χ3n) is 5.85. The van der Waals surface area contributed by atoms with Gasteiger partial charge in [-0.3, -0.25) is 0 Å². The Morgan fingerprint density at radius 3 is 2.50 bits per heavy atom. The number of nitrogens with one attached hydrogen (secondary N) is 1. The zero-order valence-electron chi connectivity index (χ0n) is 11.5. The number of fused-ring (bicyclic) bond motifs is 2. The van der Waals surface area contributed by atoms with Gasteiger partial charge in [-0.25, -0.2) is 0 Å². The summed E-state index contributed by atoms with van der Waals surface area (Å²) >= 11 is 0. The maximum atomic E-state index is 5.31. The van der Waals surface area contributed by atoms with E-state index in [1.807, 2.05) is 0 Å². The molecule has 2 aliphatic rings. The maximum Gasteiger partial charge on any atom is 0.0667 e. The third kappa shape index (κ3) is 1.62. The Balaban J connectivity index is 1.99. The molecule has 2 heteroatoms. The minimum Gasteiger partial charge on any atom is -0.380 e. The average Bonchev–Trinajstić information content (AvgIpc) is 2.58. The summed E-state index contributed by atoms with van der Waals surface area (Å²) in [7, 11) is 1.79. The molecule has 0 aromatic rings. The highest BCUT2D eigenvalue weighted by atomic mass is 16.5. The van der Waals surface area contributed by atoms with Crippen LogP contribution in [0.4, 0.5) is 0 Å². The summed E-state index contributed by atoms with van der Waals surface area (Å²) in [5, 5.41) is 3.73. The standard InChI is InChI=1S/C14H27NO/c1-10(16-5)9-15-12-8-11-6-7-14(12,4)13(11,2)3/h10-12,15H,6-9H2,1-5H3. The molecule has 94 valence electrons. The van der Waals surface area contributed by atoms with Gasteiger partial charge in [-0.1, -0.05) is 20.8 Å². The van der Waals surface area contributed by atoms with Gasteiger partial charge in [0.2, 0.25) is 0 Å². The first kappa shape index (κ1) is 12.4. The van der Waals surface area contributed by atoms with Gasteiger partial charge in [0.1, 0.15) is 0 Å². The summed E-state index contributed by atoms with van der Waals surface area (Å²) in [6.45, 7) is 10.5. The van der Waals surface area contributed by atoms with Gasteiger partial charge in [-0.15, -0.1) is 0 Å². The molecule has 0 aromatic heterocycles. The first-order valence-electron chi connectivity index (χ1n) is 6.68. The molecule has 0 spiro atoms. The predicted octanol–water partition coefficient (Wildman–Crippen LogP) is 2.83. The first-order chi connectivity index (χ1) is 7.41. The van der Waals surface area contributed by atoms with E-state index in [1.54, 1.807) is 7.11 Å². The molecular weight excluding hydrogens is 198 g/mol. The van der Waals surface area contributed by atoms with Crippen LogP contribution in [0.2, 0.25) is 0 Å². The average molecular weight is 225 g/mol. The van der Waals surface area contributed by atoms with Gasteiger partial charge in [0.05, 0.1) is 6.10 Å². The maximum absolute atomic E-state index is 5.31. The lowest BCUT2D eigenvalue weighted by molar-refractivity contribution is 0.0887. The smallest absolute Gasteiger partial charge is 0.0667 e. The molecule has 0 aliphatic heterocycles. The van der Waals surface area contributed by atoms with E-state index in [0.717, 1.165) is 12.5 Å². The normalized spacial score (nSPS) is 42.6. The van der Waals surface area contributed by atoms with Crippen molar-refractivity contribution in [3.8, 4) is 0 Å². The molecule has 2 fully saturated rings. The van der Waals surface area contributed by atoms with E-state index >= 15 is 0 Å². The molecule has 2 aliphatic carbocycles. The van der Waals surface area contributed by atoms with Gasteiger partial charge in [0.15, 0.2) is 0 Å². The topological polar surface area (TPSA) is 21.3 Å². The number of methoxy groups -OCH3 is 1. The van der Waals surface area contributed by atoms with Crippen LogP contribution in [0.1, 0.15) is 47.0 Å². The summed E-state index contributed by atoms with van der Waals surface area (Å²) in [6.07, 6.45) is 4.51. The number of ether oxygens (including phenoxy) is 1. The predicted molar refractivity (Wildman–Crippen MR) is 67.5 cm³/mol. The Morgan fingerprint density at radius 2 is 2.06 bits per heavy atom. The van der Waals surface area contributed by atoms with E-state index in [4.69, 9.17) is 4.74 Å². The van der Waals surface area contributed by atoms with Crippen molar-refractivity contribution in [2.75, 3.05) is 13.7 Å². The number of rotatable bonds is 4. The van der Waals surface area contributed by atoms with Gasteiger partial charge >= 0.3 is 0 Å². The second kappa shape index (κ2) is 3.99. The SMILES string of the molecule is COC(C)CNC1CC2CCC1(C)C2(C)C. The zero-order valence-corrected chi connectivity index (χ0v) is 11.5. The second-order valence-electron chi connectivity index (χ2n) is 6.62. The highest BCUT2D eigenvalue weighted by Gasteiger charge is 2.60. The van der Waals surface area contributed by atoms with Crippen LogP contribution in [0.3, 0.4) is 0 Å². The van der Waals surface area contributed by atoms with E-state index < -0.39 is 0 Å². The van der Waals surface area contributed by atoms with Crippen LogP contribution in [-0.4, -0.2) is 25.8 Å². The molecule has 2 rings (SSSR count). The van der Waals surface area contributed by atoms with Gasteiger partial charge in [0.25, 0.3) is 0 Å². The van der Waals surface area contributed by atoms with Crippen LogP contribution in [0, 0.1) is 16.7 Å². The summed E-state index contributed by atoms with van der Waals surface area (Å²) < 4.78 is 5.31. The van der Waals surface area contributed by atoms with E-state index in [-0.39, 0.29) is 0 Å². The van der Waals surface area contributed by atoms with E-state index in [1.165, 1.54) is 19.3 Å². The van der Waals surface area contributed by atoms with Gasteiger partial charge in [-0.05, 0) is 42.9 Å². The lowest BCUT2D eigenvalue weighted by atomic mass is 9.69. The molecule has 4 unspecified atom stereocenters. The van der Waals surface area contributed by atoms with Crippen LogP contribution in [0.25, 0.3) is 0 Å². The summed E-state index contributed by atoms with van der Waals surface area (Å²) in [5.41, 5.74) is 1.01. The quantitative estimate of drug-likeness (QED) is 0.794. The van der Waals surface area contributed by atoms with Crippen molar-refractivity contribution in [3.05, 3.63) is 0 Å². The molecule has 2 nitrogen and oxygen atoms in total. The molecule has 2 bridgehead atoms.